The maximum Gasteiger partial charge on any atom is 0.270 e. The van der Waals surface area contributed by atoms with Crippen LogP contribution in [0, 0.1) is 23.0 Å². The molecule has 0 radical (unpaired) electrons. The molecule has 0 heterocycles. The summed E-state index contributed by atoms with van der Waals surface area (Å²) in [4.78, 5) is 10.6. The summed E-state index contributed by atoms with van der Waals surface area (Å²) in [5, 5.41) is 10.9. The second-order valence-corrected chi connectivity index (χ2v) is 4.98. The lowest BCUT2D eigenvalue weighted by molar-refractivity contribution is -0.384. The number of rotatable bonds is 3. The second kappa shape index (κ2) is 5.34. The molecule has 1 aliphatic rings. The first kappa shape index (κ1) is 12.8. The number of nitro groups is 1. The van der Waals surface area contributed by atoms with Gasteiger partial charge in [-0.05, 0) is 49.3 Å². The lowest BCUT2D eigenvalue weighted by atomic mass is 9.88. The van der Waals surface area contributed by atoms with Crippen LogP contribution in [-0.4, -0.2) is 4.92 Å². The summed E-state index contributed by atoms with van der Waals surface area (Å²) in [7, 11) is 0. The Labute approximate surface area is 108 Å². The minimum Gasteiger partial charge on any atom is -0.258 e. The zero-order valence-electron chi connectivity index (χ0n) is 11.0. The smallest absolute Gasteiger partial charge is 0.258 e. The van der Waals surface area contributed by atoms with Gasteiger partial charge in [-0.1, -0.05) is 25.0 Å². The molecule has 0 amide bonds. The molecule has 3 nitrogen and oxygen atoms in total. The van der Waals surface area contributed by atoms with Crippen molar-refractivity contribution in [1.82, 2.24) is 0 Å². The Morgan fingerprint density at radius 3 is 2.61 bits per heavy atom. The summed E-state index contributed by atoms with van der Waals surface area (Å²) < 4.78 is 0. The number of non-ortho nitro benzene ring substituents is 1. The van der Waals surface area contributed by atoms with Gasteiger partial charge in [0.15, 0.2) is 0 Å². The molecule has 0 saturated heterocycles. The first-order valence-corrected chi connectivity index (χ1v) is 6.55. The normalized spacial score (nSPS) is 17.1. The average molecular weight is 245 g/mol. The molecular weight excluding hydrogens is 226 g/mol. The molecule has 0 atom stereocenters. The molecule has 0 N–H and O–H groups in total. The monoisotopic (exact) mass is 245 g/mol. The van der Waals surface area contributed by atoms with Crippen molar-refractivity contribution in [2.24, 2.45) is 5.92 Å². The number of hydrogen-bond donors (Lipinski definition) is 0. The van der Waals surface area contributed by atoms with E-state index < -0.39 is 0 Å². The van der Waals surface area contributed by atoms with Gasteiger partial charge in [-0.15, -0.1) is 0 Å². The standard InChI is InChI=1S/C15H19NO2/c1-3-14(12-6-4-5-7-12)15-10-13(16(17)18)9-8-11(15)2/h3,8-10,12H,4-7H2,1-2H3/b14-3-. The zero-order chi connectivity index (χ0) is 13.1. The second-order valence-electron chi connectivity index (χ2n) is 4.98. The van der Waals surface area contributed by atoms with Crippen LogP contribution in [0.15, 0.2) is 24.3 Å². The van der Waals surface area contributed by atoms with E-state index >= 15 is 0 Å². The Balaban J connectivity index is 2.41. The quantitative estimate of drug-likeness (QED) is 0.581. The van der Waals surface area contributed by atoms with Gasteiger partial charge in [0.1, 0.15) is 0 Å². The van der Waals surface area contributed by atoms with Gasteiger partial charge in [0.2, 0.25) is 0 Å². The Morgan fingerprint density at radius 2 is 2.06 bits per heavy atom. The highest BCUT2D eigenvalue weighted by atomic mass is 16.6. The number of nitrogens with zero attached hydrogens (tertiary/aromatic N) is 1. The SMILES string of the molecule is C/C=C(\c1cc([N+](=O)[O-])ccc1C)C1CCCC1. The molecule has 2 rings (SSSR count). The van der Waals surface area contributed by atoms with Gasteiger partial charge in [-0.2, -0.15) is 0 Å². The fraction of sp³-hybridized carbons (Fsp3) is 0.467. The molecule has 18 heavy (non-hydrogen) atoms. The molecule has 0 aliphatic heterocycles. The zero-order valence-corrected chi connectivity index (χ0v) is 11.0. The Bertz CT molecular complexity index is 485. The van der Waals surface area contributed by atoms with Gasteiger partial charge in [0.25, 0.3) is 5.69 Å². The molecule has 1 aromatic carbocycles. The van der Waals surface area contributed by atoms with E-state index in [-0.39, 0.29) is 10.6 Å². The molecule has 1 aliphatic carbocycles. The van der Waals surface area contributed by atoms with Gasteiger partial charge in [0.05, 0.1) is 4.92 Å². The van der Waals surface area contributed by atoms with Gasteiger partial charge < -0.3 is 0 Å². The van der Waals surface area contributed by atoms with Crippen LogP contribution in [0.4, 0.5) is 5.69 Å². The molecule has 0 spiro atoms. The van der Waals surface area contributed by atoms with Gasteiger partial charge >= 0.3 is 0 Å². The van der Waals surface area contributed by atoms with Crippen molar-refractivity contribution in [2.45, 2.75) is 39.5 Å². The van der Waals surface area contributed by atoms with E-state index in [9.17, 15) is 10.1 Å². The first-order chi connectivity index (χ1) is 8.63. The molecule has 1 saturated carbocycles. The maximum atomic E-state index is 10.9. The van der Waals surface area contributed by atoms with E-state index in [2.05, 4.69) is 6.08 Å². The van der Waals surface area contributed by atoms with Crippen molar-refractivity contribution in [3.05, 3.63) is 45.5 Å². The number of aryl methyl sites for hydroxylation is 1. The van der Waals surface area contributed by atoms with Crippen LogP contribution >= 0.6 is 0 Å². The molecule has 0 aromatic heterocycles. The summed E-state index contributed by atoms with van der Waals surface area (Å²) in [5.41, 5.74) is 3.65. The fourth-order valence-corrected chi connectivity index (χ4v) is 2.88. The van der Waals surface area contributed by atoms with E-state index in [1.54, 1.807) is 12.1 Å². The predicted octanol–water partition coefficient (Wildman–Crippen LogP) is 4.50. The summed E-state index contributed by atoms with van der Waals surface area (Å²) in [6.45, 7) is 4.06. The van der Waals surface area contributed by atoms with Crippen LogP contribution in [0.1, 0.15) is 43.7 Å². The highest BCUT2D eigenvalue weighted by Gasteiger charge is 2.22. The molecule has 0 unspecified atom stereocenters. The van der Waals surface area contributed by atoms with Crippen molar-refractivity contribution in [1.29, 1.82) is 0 Å². The fourth-order valence-electron chi connectivity index (χ4n) is 2.88. The van der Waals surface area contributed by atoms with E-state index in [4.69, 9.17) is 0 Å². The Morgan fingerprint density at radius 1 is 1.39 bits per heavy atom. The predicted molar refractivity (Wildman–Crippen MR) is 73.4 cm³/mol. The van der Waals surface area contributed by atoms with Crippen LogP contribution in [0.5, 0.6) is 0 Å². The summed E-state index contributed by atoms with van der Waals surface area (Å²) in [6, 6.07) is 5.16. The third-order valence-corrected chi connectivity index (χ3v) is 3.85. The first-order valence-electron chi connectivity index (χ1n) is 6.55. The van der Waals surface area contributed by atoms with Gasteiger partial charge in [-0.3, -0.25) is 10.1 Å². The third kappa shape index (κ3) is 2.45. The van der Waals surface area contributed by atoms with E-state index in [1.165, 1.54) is 31.3 Å². The number of allylic oxidation sites excluding steroid dienone is 2. The number of benzene rings is 1. The number of nitro benzene ring substituents is 1. The Kier molecular flexibility index (Phi) is 3.80. The average Bonchev–Trinajstić information content (AvgIpc) is 2.86. The van der Waals surface area contributed by atoms with Crippen molar-refractivity contribution in [3.8, 4) is 0 Å². The van der Waals surface area contributed by atoms with Crippen molar-refractivity contribution < 1.29 is 4.92 Å². The highest BCUT2D eigenvalue weighted by molar-refractivity contribution is 5.71. The summed E-state index contributed by atoms with van der Waals surface area (Å²) in [6.07, 6.45) is 7.09. The van der Waals surface area contributed by atoms with Gasteiger partial charge in [-0.25, -0.2) is 0 Å². The van der Waals surface area contributed by atoms with E-state index in [0.717, 1.165) is 11.1 Å². The third-order valence-electron chi connectivity index (χ3n) is 3.85. The van der Waals surface area contributed by atoms with Crippen molar-refractivity contribution >= 4 is 11.3 Å². The molecular formula is C15H19NO2. The molecule has 0 bridgehead atoms. The lowest BCUT2D eigenvalue weighted by Gasteiger charge is -2.16. The largest absolute Gasteiger partial charge is 0.270 e. The topological polar surface area (TPSA) is 43.1 Å². The summed E-state index contributed by atoms with van der Waals surface area (Å²) in [5.74, 6) is 0.579. The van der Waals surface area contributed by atoms with Crippen molar-refractivity contribution in [3.63, 3.8) is 0 Å². The van der Waals surface area contributed by atoms with Crippen LogP contribution in [0.25, 0.3) is 5.57 Å². The molecule has 1 fully saturated rings. The van der Waals surface area contributed by atoms with Crippen LogP contribution in [0.2, 0.25) is 0 Å². The van der Waals surface area contributed by atoms with E-state index in [0.29, 0.717) is 5.92 Å². The number of hydrogen-bond acceptors (Lipinski definition) is 2. The summed E-state index contributed by atoms with van der Waals surface area (Å²) >= 11 is 0. The van der Waals surface area contributed by atoms with Crippen LogP contribution in [0.3, 0.4) is 0 Å². The van der Waals surface area contributed by atoms with Crippen molar-refractivity contribution in [2.75, 3.05) is 0 Å². The minimum atomic E-state index is -0.315. The van der Waals surface area contributed by atoms with Crippen LogP contribution < -0.4 is 0 Å². The molecule has 1 aromatic rings. The molecule has 96 valence electrons. The molecule has 3 heteroatoms. The minimum absolute atomic E-state index is 0.188. The Hall–Kier alpha value is -1.64. The van der Waals surface area contributed by atoms with Crippen LogP contribution in [-0.2, 0) is 0 Å². The lowest BCUT2D eigenvalue weighted by Crippen LogP contribution is -2.01. The van der Waals surface area contributed by atoms with Gasteiger partial charge in [0, 0.05) is 12.1 Å². The maximum absolute atomic E-state index is 10.9. The highest BCUT2D eigenvalue weighted by Crippen LogP contribution is 2.38. The van der Waals surface area contributed by atoms with E-state index in [1.807, 2.05) is 19.9 Å².